The Labute approximate surface area is 172 Å². The molecule has 0 unspecified atom stereocenters. The van der Waals surface area contributed by atoms with E-state index in [1.165, 1.54) is 11.1 Å². The molecule has 3 rings (SSSR count). The zero-order valence-corrected chi connectivity index (χ0v) is 17.7. The Hall–Kier alpha value is -2.79. The quantitative estimate of drug-likeness (QED) is 0.535. The van der Waals surface area contributed by atoms with E-state index in [4.69, 9.17) is 4.74 Å². The number of benzene rings is 2. The van der Waals surface area contributed by atoms with Crippen molar-refractivity contribution in [2.75, 3.05) is 6.61 Å². The van der Waals surface area contributed by atoms with Gasteiger partial charge in [-0.1, -0.05) is 49.4 Å². The Balaban J connectivity index is 1.63. The van der Waals surface area contributed by atoms with E-state index in [1.54, 1.807) is 4.68 Å². The standard InChI is InChI=1S/C24H29N3O2/c1-5-29-16-22-15-27(26-25-22)23-10-7-19(8-11-23)12-24(28)14-21-13-20(17(2)3)9-6-18(21)4/h6-11,13,15,17H,5,12,14,16H2,1-4H3. The molecule has 0 radical (unpaired) electrons. The Kier molecular flexibility index (Phi) is 6.94. The summed E-state index contributed by atoms with van der Waals surface area (Å²) in [5.74, 6) is 0.685. The smallest absolute Gasteiger partial charge is 0.141 e. The van der Waals surface area contributed by atoms with Crippen LogP contribution in [0.25, 0.3) is 5.69 Å². The molecule has 0 spiro atoms. The Morgan fingerprint density at radius 3 is 2.55 bits per heavy atom. The second-order valence-corrected chi connectivity index (χ2v) is 7.69. The lowest BCUT2D eigenvalue weighted by atomic mass is 9.94. The van der Waals surface area contributed by atoms with Crippen LogP contribution in [-0.2, 0) is 29.0 Å². The largest absolute Gasteiger partial charge is 0.375 e. The summed E-state index contributed by atoms with van der Waals surface area (Å²) in [7, 11) is 0. The third kappa shape index (κ3) is 5.61. The number of ketones is 1. The van der Waals surface area contributed by atoms with Gasteiger partial charge >= 0.3 is 0 Å². The van der Waals surface area contributed by atoms with Crippen molar-refractivity contribution in [2.24, 2.45) is 0 Å². The van der Waals surface area contributed by atoms with Crippen molar-refractivity contribution < 1.29 is 9.53 Å². The molecule has 0 saturated carbocycles. The fourth-order valence-electron chi connectivity index (χ4n) is 3.21. The molecule has 5 nitrogen and oxygen atoms in total. The van der Waals surface area contributed by atoms with Crippen molar-refractivity contribution in [3.63, 3.8) is 0 Å². The highest BCUT2D eigenvalue weighted by atomic mass is 16.5. The molecule has 2 aromatic carbocycles. The van der Waals surface area contributed by atoms with Gasteiger partial charge in [-0.3, -0.25) is 4.79 Å². The fourth-order valence-corrected chi connectivity index (χ4v) is 3.21. The number of carbonyl (C=O) groups excluding carboxylic acids is 1. The third-order valence-corrected chi connectivity index (χ3v) is 5.02. The van der Waals surface area contributed by atoms with E-state index in [2.05, 4.69) is 49.3 Å². The highest BCUT2D eigenvalue weighted by molar-refractivity contribution is 5.83. The van der Waals surface area contributed by atoms with E-state index in [9.17, 15) is 4.79 Å². The Morgan fingerprint density at radius 2 is 1.86 bits per heavy atom. The highest BCUT2D eigenvalue weighted by Gasteiger charge is 2.10. The fraction of sp³-hybridized carbons (Fsp3) is 0.375. The predicted octanol–water partition coefficient (Wildman–Crippen LogP) is 4.59. The predicted molar refractivity (Wildman–Crippen MR) is 114 cm³/mol. The summed E-state index contributed by atoms with van der Waals surface area (Å²) in [5.41, 5.74) is 6.29. The first kappa shape index (κ1) is 20.9. The minimum absolute atomic E-state index is 0.224. The number of aromatic nitrogens is 3. The topological polar surface area (TPSA) is 57.0 Å². The molecule has 152 valence electrons. The van der Waals surface area contributed by atoms with Crippen LogP contribution >= 0.6 is 0 Å². The van der Waals surface area contributed by atoms with Crippen LogP contribution in [0.2, 0.25) is 0 Å². The molecular weight excluding hydrogens is 362 g/mol. The molecule has 0 amide bonds. The van der Waals surface area contributed by atoms with E-state index in [0.29, 0.717) is 32.0 Å². The van der Waals surface area contributed by atoms with Gasteiger partial charge in [0.2, 0.25) is 0 Å². The first-order valence-corrected chi connectivity index (χ1v) is 10.2. The lowest BCUT2D eigenvalue weighted by molar-refractivity contribution is -0.117. The van der Waals surface area contributed by atoms with Gasteiger partial charge in [-0.2, -0.15) is 0 Å². The van der Waals surface area contributed by atoms with Crippen LogP contribution in [0.15, 0.2) is 48.7 Å². The minimum atomic E-state index is 0.224. The van der Waals surface area contributed by atoms with E-state index in [-0.39, 0.29) is 5.78 Å². The Morgan fingerprint density at radius 1 is 1.10 bits per heavy atom. The number of aryl methyl sites for hydroxylation is 1. The normalized spacial score (nSPS) is 11.2. The van der Waals surface area contributed by atoms with Gasteiger partial charge < -0.3 is 4.74 Å². The minimum Gasteiger partial charge on any atom is -0.375 e. The lowest BCUT2D eigenvalue weighted by Crippen LogP contribution is -2.08. The molecule has 0 N–H and O–H groups in total. The molecular formula is C24H29N3O2. The maximum absolute atomic E-state index is 12.6. The van der Waals surface area contributed by atoms with E-state index >= 15 is 0 Å². The van der Waals surface area contributed by atoms with Crippen molar-refractivity contribution in [2.45, 2.75) is 53.1 Å². The van der Waals surface area contributed by atoms with Crippen molar-refractivity contribution in [1.29, 1.82) is 0 Å². The average Bonchev–Trinajstić information content (AvgIpc) is 3.17. The molecule has 0 fully saturated rings. The number of hydrogen-bond donors (Lipinski definition) is 0. The highest BCUT2D eigenvalue weighted by Crippen LogP contribution is 2.20. The van der Waals surface area contributed by atoms with Gasteiger partial charge in [0.25, 0.3) is 0 Å². The maximum atomic E-state index is 12.6. The first-order valence-electron chi connectivity index (χ1n) is 10.2. The van der Waals surface area contributed by atoms with E-state index in [0.717, 1.165) is 22.5 Å². The van der Waals surface area contributed by atoms with Crippen LogP contribution in [0.4, 0.5) is 0 Å². The Bertz CT molecular complexity index is 959. The summed E-state index contributed by atoms with van der Waals surface area (Å²) in [6.07, 6.45) is 2.76. The number of Topliss-reactive ketones (excluding diaryl/α,β-unsaturated/α-hetero) is 1. The SMILES string of the molecule is CCOCc1cn(-c2ccc(CC(=O)Cc3cc(C(C)C)ccc3C)cc2)nn1. The van der Waals surface area contributed by atoms with Gasteiger partial charge in [-0.05, 0) is 54.2 Å². The van der Waals surface area contributed by atoms with Gasteiger partial charge in [-0.25, -0.2) is 4.68 Å². The third-order valence-electron chi connectivity index (χ3n) is 5.02. The molecule has 0 aliphatic heterocycles. The number of rotatable bonds is 9. The molecule has 0 bridgehead atoms. The average molecular weight is 392 g/mol. The van der Waals surface area contributed by atoms with Crippen LogP contribution in [-0.4, -0.2) is 27.4 Å². The lowest BCUT2D eigenvalue weighted by Gasteiger charge is -2.11. The van der Waals surface area contributed by atoms with Crippen molar-refractivity contribution in [3.8, 4) is 5.69 Å². The molecule has 0 atom stereocenters. The van der Waals surface area contributed by atoms with Gasteiger partial charge in [-0.15, -0.1) is 5.10 Å². The van der Waals surface area contributed by atoms with E-state index in [1.807, 2.05) is 37.4 Å². The van der Waals surface area contributed by atoms with Gasteiger partial charge in [0, 0.05) is 19.4 Å². The molecule has 0 aliphatic rings. The van der Waals surface area contributed by atoms with Gasteiger partial charge in [0.05, 0.1) is 18.5 Å². The second kappa shape index (κ2) is 9.61. The van der Waals surface area contributed by atoms with Crippen molar-refractivity contribution in [1.82, 2.24) is 15.0 Å². The van der Waals surface area contributed by atoms with Crippen LogP contribution in [0.5, 0.6) is 0 Å². The zero-order chi connectivity index (χ0) is 20.8. The summed E-state index contributed by atoms with van der Waals surface area (Å²) in [6, 6.07) is 14.3. The van der Waals surface area contributed by atoms with E-state index < -0.39 is 0 Å². The summed E-state index contributed by atoms with van der Waals surface area (Å²) >= 11 is 0. The molecule has 0 aliphatic carbocycles. The van der Waals surface area contributed by atoms with Crippen molar-refractivity contribution >= 4 is 5.78 Å². The molecule has 1 aromatic heterocycles. The molecule has 3 aromatic rings. The first-order chi connectivity index (χ1) is 14.0. The zero-order valence-electron chi connectivity index (χ0n) is 17.7. The van der Waals surface area contributed by atoms with Gasteiger partial charge in [0.1, 0.15) is 11.5 Å². The summed E-state index contributed by atoms with van der Waals surface area (Å²) in [4.78, 5) is 12.6. The summed E-state index contributed by atoms with van der Waals surface area (Å²) in [5, 5.41) is 8.25. The van der Waals surface area contributed by atoms with Crippen LogP contribution < -0.4 is 0 Å². The molecule has 0 saturated heterocycles. The second-order valence-electron chi connectivity index (χ2n) is 7.69. The number of ether oxygens (including phenoxy) is 1. The van der Waals surface area contributed by atoms with Crippen LogP contribution in [0, 0.1) is 6.92 Å². The molecule has 1 heterocycles. The van der Waals surface area contributed by atoms with Crippen LogP contribution in [0.3, 0.4) is 0 Å². The van der Waals surface area contributed by atoms with Crippen molar-refractivity contribution in [3.05, 3.63) is 76.6 Å². The van der Waals surface area contributed by atoms with Crippen LogP contribution in [0.1, 0.15) is 54.6 Å². The number of carbonyl (C=O) groups is 1. The molecule has 5 heteroatoms. The molecule has 29 heavy (non-hydrogen) atoms. The maximum Gasteiger partial charge on any atom is 0.141 e. The number of hydrogen-bond acceptors (Lipinski definition) is 4. The summed E-state index contributed by atoms with van der Waals surface area (Å²) in [6.45, 7) is 9.48. The van der Waals surface area contributed by atoms with Gasteiger partial charge in [0.15, 0.2) is 0 Å². The monoisotopic (exact) mass is 391 g/mol. The number of nitrogens with zero attached hydrogens (tertiary/aromatic N) is 3. The summed E-state index contributed by atoms with van der Waals surface area (Å²) < 4.78 is 7.08.